The van der Waals surface area contributed by atoms with Crippen LogP contribution in [0.2, 0.25) is 5.02 Å². The van der Waals surface area contributed by atoms with E-state index in [2.05, 4.69) is 25.9 Å². The van der Waals surface area contributed by atoms with Crippen LogP contribution in [0.4, 0.5) is 0 Å². The zero-order valence-electron chi connectivity index (χ0n) is 11.0. The Labute approximate surface area is 136 Å². The molecule has 3 nitrogen and oxygen atoms in total. The topological polar surface area (TPSA) is 34.0 Å². The lowest BCUT2D eigenvalue weighted by molar-refractivity contribution is 0.482. The summed E-state index contributed by atoms with van der Waals surface area (Å²) in [5.74, 6) is 1.53. The van der Waals surface area contributed by atoms with E-state index in [1.54, 1.807) is 18.5 Å². The molecule has 0 aromatic heterocycles. The molecule has 21 heavy (non-hydrogen) atoms. The van der Waals surface area contributed by atoms with Gasteiger partial charge in [-0.1, -0.05) is 39.7 Å². The van der Waals surface area contributed by atoms with Crippen LogP contribution in [0.5, 0.6) is 11.5 Å². The van der Waals surface area contributed by atoms with Crippen molar-refractivity contribution in [1.82, 2.24) is 0 Å². The first-order valence-corrected chi connectivity index (χ1v) is 7.58. The number of nitrogens with zero attached hydrogens (tertiary/aromatic N) is 2. The Balaban J connectivity index is 1.76. The molecular formula is C16H12BrClN2O. The Bertz CT molecular complexity index is 682. The van der Waals surface area contributed by atoms with E-state index in [9.17, 15) is 0 Å². The third kappa shape index (κ3) is 3.34. The second kappa shape index (κ2) is 6.00. The lowest BCUT2D eigenvalue weighted by Gasteiger charge is -2.23. The molecule has 1 aliphatic heterocycles. The molecule has 0 N–H and O–H groups in total. The van der Waals surface area contributed by atoms with Crippen molar-refractivity contribution in [3.63, 3.8) is 0 Å². The number of hydrogen-bond acceptors (Lipinski definition) is 3. The number of aliphatic imine (C=N–C) groups is 2. The van der Waals surface area contributed by atoms with Crippen molar-refractivity contribution in [1.29, 1.82) is 0 Å². The van der Waals surface area contributed by atoms with E-state index < -0.39 is 0 Å². The molecule has 1 unspecified atom stereocenters. The number of halogens is 2. The molecule has 0 saturated carbocycles. The summed E-state index contributed by atoms with van der Waals surface area (Å²) in [6.07, 6.45) is 3.42. The van der Waals surface area contributed by atoms with Gasteiger partial charge in [-0.25, -0.2) is 4.99 Å². The third-order valence-electron chi connectivity index (χ3n) is 3.13. The lowest BCUT2D eigenvalue weighted by Crippen LogP contribution is -2.26. The normalized spacial score (nSPS) is 20.5. The Hall–Kier alpha value is -1.65. The average molecular weight is 364 g/mol. The summed E-state index contributed by atoms with van der Waals surface area (Å²) < 4.78 is 5.44. The van der Waals surface area contributed by atoms with Gasteiger partial charge in [0.1, 0.15) is 22.2 Å². The van der Waals surface area contributed by atoms with Crippen molar-refractivity contribution in [3.05, 3.63) is 59.1 Å². The van der Waals surface area contributed by atoms with Gasteiger partial charge in [0, 0.05) is 11.2 Å². The quantitative estimate of drug-likeness (QED) is 0.719. The van der Waals surface area contributed by atoms with Crippen LogP contribution in [0.25, 0.3) is 0 Å². The predicted molar refractivity (Wildman–Crippen MR) is 90.4 cm³/mol. The summed E-state index contributed by atoms with van der Waals surface area (Å²) in [7, 11) is 0. The molecule has 2 aromatic rings. The van der Waals surface area contributed by atoms with Crippen LogP contribution in [0.3, 0.4) is 0 Å². The van der Waals surface area contributed by atoms with E-state index >= 15 is 0 Å². The maximum Gasteiger partial charge on any atom is 0.127 e. The van der Waals surface area contributed by atoms with Gasteiger partial charge in [0.05, 0.1) is 6.54 Å². The molecule has 0 spiro atoms. The van der Waals surface area contributed by atoms with Gasteiger partial charge < -0.3 is 4.74 Å². The second-order valence-corrected chi connectivity index (χ2v) is 6.53. The number of alkyl halides is 1. The molecule has 1 heterocycles. The van der Waals surface area contributed by atoms with Gasteiger partial charge >= 0.3 is 0 Å². The fourth-order valence-electron chi connectivity index (χ4n) is 2.02. The summed E-state index contributed by atoms with van der Waals surface area (Å²) >= 11 is 9.54. The summed E-state index contributed by atoms with van der Waals surface area (Å²) in [5, 5.41) is 0.691. The lowest BCUT2D eigenvalue weighted by atomic mass is 9.99. The van der Waals surface area contributed by atoms with Gasteiger partial charge in [-0.15, -0.1) is 0 Å². The van der Waals surface area contributed by atoms with E-state index in [1.165, 1.54) is 0 Å². The van der Waals surface area contributed by atoms with Crippen molar-refractivity contribution in [3.8, 4) is 11.5 Å². The zero-order valence-corrected chi connectivity index (χ0v) is 13.4. The van der Waals surface area contributed by atoms with Crippen LogP contribution in [-0.2, 0) is 4.32 Å². The number of hydrogen-bond donors (Lipinski definition) is 0. The number of benzene rings is 2. The van der Waals surface area contributed by atoms with Gasteiger partial charge in [-0.2, -0.15) is 0 Å². The van der Waals surface area contributed by atoms with Crippen LogP contribution in [-0.4, -0.2) is 19.1 Å². The smallest absolute Gasteiger partial charge is 0.127 e. The van der Waals surface area contributed by atoms with Gasteiger partial charge in [-0.3, -0.25) is 4.99 Å². The minimum Gasteiger partial charge on any atom is -0.457 e. The fraction of sp³-hybridized carbons (Fsp3) is 0.125. The molecule has 106 valence electrons. The van der Waals surface area contributed by atoms with Crippen molar-refractivity contribution in [2.45, 2.75) is 4.32 Å². The molecule has 1 atom stereocenters. The first-order valence-electron chi connectivity index (χ1n) is 6.41. The summed E-state index contributed by atoms with van der Waals surface area (Å²) in [5.41, 5.74) is 1.09. The SMILES string of the molecule is Clc1ccc(Oc2ccc(C3(Br)C=NC=NC3)cc2)cc1. The van der Waals surface area contributed by atoms with Crippen molar-refractivity contribution < 1.29 is 4.74 Å². The first kappa shape index (κ1) is 14.3. The van der Waals surface area contributed by atoms with Crippen LogP contribution in [0.1, 0.15) is 5.56 Å². The van der Waals surface area contributed by atoms with E-state index in [4.69, 9.17) is 16.3 Å². The van der Waals surface area contributed by atoms with E-state index in [0.717, 1.165) is 17.1 Å². The number of rotatable bonds is 3. The summed E-state index contributed by atoms with van der Waals surface area (Å²) in [6, 6.07) is 15.2. The Kier molecular flexibility index (Phi) is 4.08. The van der Waals surface area contributed by atoms with Gasteiger partial charge in [0.15, 0.2) is 0 Å². The third-order valence-corrected chi connectivity index (χ3v) is 4.30. The van der Waals surface area contributed by atoms with Crippen LogP contribution < -0.4 is 4.74 Å². The summed E-state index contributed by atoms with van der Waals surface area (Å²) in [4.78, 5) is 8.29. The van der Waals surface area contributed by atoms with E-state index in [0.29, 0.717) is 11.6 Å². The predicted octanol–water partition coefficient (Wildman–Crippen LogP) is 4.84. The Morgan fingerprint density at radius 1 is 1.00 bits per heavy atom. The van der Waals surface area contributed by atoms with Crippen molar-refractivity contribution >= 4 is 40.1 Å². The highest BCUT2D eigenvalue weighted by Gasteiger charge is 2.27. The van der Waals surface area contributed by atoms with Crippen LogP contribution in [0.15, 0.2) is 58.5 Å². The Morgan fingerprint density at radius 2 is 1.62 bits per heavy atom. The molecule has 2 aromatic carbocycles. The molecule has 0 saturated heterocycles. The van der Waals surface area contributed by atoms with E-state index in [-0.39, 0.29) is 4.32 Å². The molecule has 3 rings (SSSR count). The molecule has 0 fully saturated rings. The molecule has 0 amide bonds. The minimum atomic E-state index is -0.333. The zero-order chi connectivity index (χ0) is 14.7. The highest BCUT2D eigenvalue weighted by Crippen LogP contribution is 2.33. The average Bonchev–Trinajstić information content (AvgIpc) is 2.51. The van der Waals surface area contributed by atoms with Gasteiger partial charge in [0.2, 0.25) is 0 Å². The fourth-order valence-corrected chi connectivity index (χ4v) is 2.67. The molecule has 5 heteroatoms. The Morgan fingerprint density at radius 3 is 2.19 bits per heavy atom. The van der Waals surface area contributed by atoms with Gasteiger partial charge in [0.25, 0.3) is 0 Å². The van der Waals surface area contributed by atoms with E-state index in [1.807, 2.05) is 42.6 Å². The highest BCUT2D eigenvalue weighted by molar-refractivity contribution is 9.10. The second-order valence-electron chi connectivity index (χ2n) is 4.68. The highest BCUT2D eigenvalue weighted by atomic mass is 79.9. The summed E-state index contributed by atoms with van der Waals surface area (Å²) in [6.45, 7) is 0.633. The van der Waals surface area contributed by atoms with Crippen molar-refractivity contribution in [2.75, 3.05) is 6.54 Å². The van der Waals surface area contributed by atoms with Crippen LogP contribution >= 0.6 is 27.5 Å². The van der Waals surface area contributed by atoms with Crippen molar-refractivity contribution in [2.24, 2.45) is 9.98 Å². The maximum atomic E-state index is 5.85. The molecule has 0 aliphatic carbocycles. The minimum absolute atomic E-state index is 0.333. The molecule has 0 radical (unpaired) electrons. The maximum absolute atomic E-state index is 5.85. The molecule has 0 bridgehead atoms. The largest absolute Gasteiger partial charge is 0.457 e. The first-order chi connectivity index (χ1) is 10.2. The standard InChI is InChI=1S/C16H12BrClN2O/c17-16(9-19-11-20-10-16)12-1-5-14(6-2-12)21-15-7-3-13(18)4-8-15/h1-9,11H,10H2. The molecule has 1 aliphatic rings. The van der Waals surface area contributed by atoms with Gasteiger partial charge in [-0.05, 0) is 42.0 Å². The number of ether oxygens (including phenoxy) is 1. The molecular weight excluding hydrogens is 352 g/mol. The monoisotopic (exact) mass is 362 g/mol. The van der Waals surface area contributed by atoms with Crippen LogP contribution in [0, 0.1) is 0 Å².